The van der Waals surface area contributed by atoms with Crippen molar-refractivity contribution in [1.82, 2.24) is 29.9 Å². The summed E-state index contributed by atoms with van der Waals surface area (Å²) in [7, 11) is 0. The SMILES string of the molecule is CC(C)c1cc(NC(=O)Nc2ccc(Oc3ccnc(-c4cn[nH]c4)c3)cc2)n(-c2ccc3cnccc3c2)n1. The molecule has 0 aliphatic rings. The average Bonchev–Trinajstić information content (AvgIpc) is 3.65. The highest BCUT2D eigenvalue weighted by molar-refractivity contribution is 5.99. The van der Waals surface area contributed by atoms with Crippen molar-refractivity contribution in [2.75, 3.05) is 10.6 Å². The minimum absolute atomic E-state index is 0.193. The summed E-state index contributed by atoms with van der Waals surface area (Å²) < 4.78 is 7.73. The first kappa shape index (κ1) is 24.8. The number of urea groups is 1. The molecule has 0 unspecified atom stereocenters. The first-order valence-corrected chi connectivity index (χ1v) is 12.8. The van der Waals surface area contributed by atoms with Gasteiger partial charge in [0, 0.05) is 53.6 Å². The number of fused-ring (bicyclic) bond motifs is 1. The van der Waals surface area contributed by atoms with Gasteiger partial charge in [0.15, 0.2) is 0 Å². The number of benzene rings is 2. The molecule has 10 heteroatoms. The van der Waals surface area contributed by atoms with Crippen LogP contribution in [-0.4, -0.2) is 36.0 Å². The summed E-state index contributed by atoms with van der Waals surface area (Å²) in [6.45, 7) is 4.13. The molecule has 0 radical (unpaired) electrons. The number of amides is 2. The monoisotopic (exact) mass is 530 g/mol. The van der Waals surface area contributed by atoms with E-state index < -0.39 is 0 Å². The van der Waals surface area contributed by atoms with Crippen molar-refractivity contribution in [2.24, 2.45) is 0 Å². The lowest BCUT2D eigenvalue weighted by atomic mass is 10.1. The third kappa shape index (κ3) is 5.37. The number of carbonyl (C=O) groups is 1. The molecule has 40 heavy (non-hydrogen) atoms. The average molecular weight is 531 g/mol. The van der Waals surface area contributed by atoms with E-state index in [1.54, 1.807) is 59.8 Å². The van der Waals surface area contributed by atoms with Crippen LogP contribution in [0.2, 0.25) is 0 Å². The molecule has 198 valence electrons. The predicted molar refractivity (Wildman–Crippen MR) is 154 cm³/mol. The number of nitrogens with one attached hydrogen (secondary N) is 3. The van der Waals surface area contributed by atoms with Gasteiger partial charge in [-0.15, -0.1) is 0 Å². The van der Waals surface area contributed by atoms with E-state index >= 15 is 0 Å². The zero-order valence-corrected chi connectivity index (χ0v) is 21.9. The summed E-state index contributed by atoms with van der Waals surface area (Å²) >= 11 is 0. The molecule has 0 fully saturated rings. The normalized spacial score (nSPS) is 11.1. The summed E-state index contributed by atoms with van der Waals surface area (Å²) in [6, 6.07) is 20.2. The summed E-state index contributed by atoms with van der Waals surface area (Å²) in [6.07, 6.45) is 8.73. The highest BCUT2D eigenvalue weighted by Gasteiger charge is 2.15. The first-order valence-electron chi connectivity index (χ1n) is 12.8. The van der Waals surface area contributed by atoms with Crippen LogP contribution in [0.25, 0.3) is 27.7 Å². The second-order valence-corrected chi connectivity index (χ2v) is 9.50. The van der Waals surface area contributed by atoms with E-state index in [9.17, 15) is 4.79 Å². The molecule has 10 nitrogen and oxygen atoms in total. The second-order valence-electron chi connectivity index (χ2n) is 9.50. The van der Waals surface area contributed by atoms with Crippen LogP contribution in [-0.2, 0) is 0 Å². The lowest BCUT2D eigenvalue weighted by Crippen LogP contribution is -2.21. The fourth-order valence-electron chi connectivity index (χ4n) is 4.21. The van der Waals surface area contributed by atoms with Crippen LogP contribution in [0.1, 0.15) is 25.5 Å². The van der Waals surface area contributed by atoms with Crippen molar-refractivity contribution in [3.8, 4) is 28.4 Å². The number of H-pyrrole nitrogens is 1. The molecule has 0 saturated carbocycles. The molecule has 2 amide bonds. The van der Waals surface area contributed by atoms with Gasteiger partial charge in [0.1, 0.15) is 17.3 Å². The van der Waals surface area contributed by atoms with Gasteiger partial charge in [-0.3, -0.25) is 20.4 Å². The van der Waals surface area contributed by atoms with Gasteiger partial charge in [-0.2, -0.15) is 10.2 Å². The van der Waals surface area contributed by atoms with E-state index in [1.807, 2.05) is 42.6 Å². The standard InChI is InChI=1S/C30H26N8O2/c1-19(2)27-15-29(38(37-27)24-6-3-21-16-31-11-9-20(21)13-24)36-30(39)35-23-4-7-25(8-5-23)40-26-10-12-32-28(14-26)22-17-33-34-18-22/h3-19H,1-2H3,(H,33,34)(H2,35,36,39). The molecule has 0 spiro atoms. The molecule has 0 aliphatic carbocycles. The Labute approximate surface area is 230 Å². The molecule has 3 N–H and O–H groups in total. The first-order chi connectivity index (χ1) is 19.5. The van der Waals surface area contributed by atoms with Crippen LogP contribution in [0.5, 0.6) is 11.5 Å². The number of anilines is 2. The molecule has 4 heterocycles. The number of aromatic amines is 1. The highest BCUT2D eigenvalue weighted by atomic mass is 16.5. The molecule has 0 atom stereocenters. The zero-order chi connectivity index (χ0) is 27.5. The van der Waals surface area contributed by atoms with Crippen LogP contribution in [0.15, 0.2) is 97.7 Å². The van der Waals surface area contributed by atoms with Gasteiger partial charge in [-0.1, -0.05) is 19.9 Å². The molecular weight excluding hydrogens is 504 g/mol. The molecule has 2 aromatic carbocycles. The summed E-state index contributed by atoms with van der Waals surface area (Å²) in [5.74, 6) is 2.03. The maximum absolute atomic E-state index is 13.0. The van der Waals surface area contributed by atoms with Crippen LogP contribution >= 0.6 is 0 Å². The number of pyridine rings is 2. The smallest absolute Gasteiger partial charge is 0.324 e. The third-order valence-electron chi connectivity index (χ3n) is 6.30. The zero-order valence-electron chi connectivity index (χ0n) is 21.9. The van der Waals surface area contributed by atoms with Crippen molar-refractivity contribution >= 4 is 28.3 Å². The van der Waals surface area contributed by atoms with Crippen molar-refractivity contribution in [1.29, 1.82) is 0 Å². The minimum atomic E-state index is -0.381. The Kier molecular flexibility index (Phi) is 6.63. The maximum Gasteiger partial charge on any atom is 0.324 e. The number of rotatable bonds is 7. The summed E-state index contributed by atoms with van der Waals surface area (Å²) in [5, 5.41) is 19.4. The van der Waals surface area contributed by atoms with Gasteiger partial charge in [0.2, 0.25) is 0 Å². The van der Waals surface area contributed by atoms with E-state index in [0.717, 1.165) is 33.4 Å². The van der Waals surface area contributed by atoms with Gasteiger partial charge in [-0.05, 0) is 59.8 Å². The molecule has 4 aromatic heterocycles. The molecule has 0 aliphatic heterocycles. The highest BCUT2D eigenvalue weighted by Crippen LogP contribution is 2.27. The number of carbonyl (C=O) groups excluding carboxylic acids is 1. The maximum atomic E-state index is 13.0. The van der Waals surface area contributed by atoms with E-state index in [1.165, 1.54) is 0 Å². The Morgan fingerprint density at radius 3 is 2.58 bits per heavy atom. The van der Waals surface area contributed by atoms with Gasteiger partial charge in [0.25, 0.3) is 0 Å². The Morgan fingerprint density at radius 2 is 1.77 bits per heavy atom. The lowest BCUT2D eigenvalue weighted by molar-refractivity contribution is 0.262. The van der Waals surface area contributed by atoms with Crippen molar-refractivity contribution in [2.45, 2.75) is 19.8 Å². The van der Waals surface area contributed by atoms with Gasteiger partial charge in [0.05, 0.1) is 23.3 Å². The minimum Gasteiger partial charge on any atom is -0.457 e. The number of ether oxygens (including phenoxy) is 1. The van der Waals surface area contributed by atoms with Gasteiger partial charge >= 0.3 is 6.03 Å². The van der Waals surface area contributed by atoms with Crippen LogP contribution in [0.4, 0.5) is 16.3 Å². The predicted octanol–water partition coefficient (Wildman–Crippen LogP) is 6.77. The number of nitrogens with zero attached hydrogens (tertiary/aromatic N) is 5. The Morgan fingerprint density at radius 1 is 0.900 bits per heavy atom. The molecule has 6 aromatic rings. The molecule has 0 saturated heterocycles. The van der Waals surface area contributed by atoms with Crippen molar-refractivity contribution < 1.29 is 9.53 Å². The second kappa shape index (κ2) is 10.7. The Bertz CT molecular complexity index is 1780. The van der Waals surface area contributed by atoms with Gasteiger partial charge in [-0.25, -0.2) is 9.48 Å². The van der Waals surface area contributed by atoms with Crippen LogP contribution in [0.3, 0.4) is 0 Å². The fraction of sp³-hybridized carbons (Fsp3) is 0.100. The van der Waals surface area contributed by atoms with Gasteiger partial charge < -0.3 is 10.1 Å². The van der Waals surface area contributed by atoms with E-state index in [2.05, 4.69) is 44.6 Å². The van der Waals surface area contributed by atoms with E-state index in [-0.39, 0.29) is 11.9 Å². The van der Waals surface area contributed by atoms with Crippen molar-refractivity contribution in [3.05, 3.63) is 103 Å². The number of hydrogen-bond donors (Lipinski definition) is 3. The van der Waals surface area contributed by atoms with E-state index in [4.69, 9.17) is 9.84 Å². The van der Waals surface area contributed by atoms with Crippen LogP contribution < -0.4 is 15.4 Å². The largest absolute Gasteiger partial charge is 0.457 e. The van der Waals surface area contributed by atoms with Crippen LogP contribution in [0, 0.1) is 0 Å². The topological polar surface area (TPSA) is 123 Å². The number of hydrogen-bond acceptors (Lipinski definition) is 6. The lowest BCUT2D eigenvalue weighted by Gasteiger charge is -2.11. The quantitative estimate of drug-likeness (QED) is 0.209. The van der Waals surface area contributed by atoms with E-state index in [0.29, 0.717) is 23.0 Å². The molecular formula is C30H26N8O2. The summed E-state index contributed by atoms with van der Waals surface area (Å²) in [4.78, 5) is 21.5. The Hall–Kier alpha value is -5.51. The Balaban J connectivity index is 1.15. The molecule has 0 bridgehead atoms. The van der Waals surface area contributed by atoms with Crippen molar-refractivity contribution in [3.63, 3.8) is 0 Å². The summed E-state index contributed by atoms with van der Waals surface area (Å²) in [5.41, 5.74) is 3.96. The number of aromatic nitrogens is 6. The fourth-order valence-corrected chi connectivity index (χ4v) is 4.21. The molecule has 6 rings (SSSR count). The third-order valence-corrected chi connectivity index (χ3v) is 6.30.